The van der Waals surface area contributed by atoms with Crippen LogP contribution in [-0.2, 0) is 48.0 Å². The van der Waals surface area contributed by atoms with Gasteiger partial charge >= 0.3 is 21.3 Å². The van der Waals surface area contributed by atoms with Crippen LogP contribution in [0.25, 0.3) is 0 Å². The third-order valence-electron chi connectivity index (χ3n) is 6.27. The standard InChI is InChI=1S/C27H47N3O10P2/c1-6-35-27(32)40-25-17-16-24(30(25)20-23-14-12-11-13-15-23)26(31)29(22-42(34,38-9-4)39-10-5)19-18-28-21-41(33,36-7-2)37-8-3/h11-15,24-25,28H,6-10,16-22H2,1-5H3/t24-,25+/m0/s1. The van der Waals surface area contributed by atoms with Crippen LogP contribution in [0.1, 0.15) is 53.0 Å². The molecule has 1 aliphatic rings. The fourth-order valence-corrected chi connectivity index (χ4v) is 7.83. The number of ether oxygens (including phenoxy) is 2. The summed E-state index contributed by atoms with van der Waals surface area (Å²) in [5.74, 6) is -0.319. The number of amides is 1. The quantitative estimate of drug-likeness (QED) is 0.117. The molecule has 2 atom stereocenters. The molecule has 1 amide bonds. The molecule has 0 aliphatic carbocycles. The van der Waals surface area contributed by atoms with Gasteiger partial charge in [0, 0.05) is 26.1 Å². The van der Waals surface area contributed by atoms with Crippen molar-refractivity contribution >= 4 is 27.3 Å². The Morgan fingerprint density at radius 1 is 0.881 bits per heavy atom. The summed E-state index contributed by atoms with van der Waals surface area (Å²) in [6.07, 6.45) is -1.01. The molecule has 1 N–H and O–H groups in total. The maximum atomic E-state index is 14.1. The van der Waals surface area contributed by atoms with Crippen LogP contribution in [0.3, 0.4) is 0 Å². The molecule has 1 aromatic carbocycles. The van der Waals surface area contributed by atoms with Gasteiger partial charge in [0.15, 0.2) is 6.23 Å². The second-order valence-corrected chi connectivity index (χ2v) is 13.4. The molecule has 0 aromatic heterocycles. The summed E-state index contributed by atoms with van der Waals surface area (Å²) in [6.45, 7) is 10.1. The molecule has 1 aromatic rings. The van der Waals surface area contributed by atoms with Crippen molar-refractivity contribution in [2.45, 2.75) is 66.3 Å². The minimum Gasteiger partial charge on any atom is -0.435 e. The van der Waals surface area contributed by atoms with Gasteiger partial charge in [0.05, 0.1) is 45.4 Å². The number of carbonyl (C=O) groups is 2. The van der Waals surface area contributed by atoms with E-state index in [1.165, 1.54) is 4.90 Å². The maximum absolute atomic E-state index is 14.1. The highest BCUT2D eigenvalue weighted by molar-refractivity contribution is 7.54. The maximum Gasteiger partial charge on any atom is 0.509 e. The normalized spacial score (nSPS) is 17.7. The van der Waals surface area contributed by atoms with E-state index in [-0.39, 0.29) is 64.6 Å². The van der Waals surface area contributed by atoms with E-state index in [0.29, 0.717) is 19.4 Å². The monoisotopic (exact) mass is 635 g/mol. The Bertz CT molecular complexity index is 1030. The van der Waals surface area contributed by atoms with Crippen LogP contribution < -0.4 is 5.32 Å². The molecule has 1 saturated heterocycles. The number of nitrogens with one attached hydrogen (secondary N) is 1. The van der Waals surface area contributed by atoms with E-state index in [9.17, 15) is 18.7 Å². The first-order chi connectivity index (χ1) is 20.1. The average molecular weight is 636 g/mol. The topological polar surface area (TPSA) is 142 Å². The van der Waals surface area contributed by atoms with Gasteiger partial charge < -0.3 is 37.8 Å². The minimum absolute atomic E-state index is 0.0513. The van der Waals surface area contributed by atoms with Crippen molar-refractivity contribution in [1.82, 2.24) is 15.1 Å². The molecule has 13 nitrogen and oxygen atoms in total. The number of carbonyl (C=O) groups excluding carboxylic acids is 2. The predicted octanol–water partition coefficient (Wildman–Crippen LogP) is 5.02. The number of rotatable bonds is 20. The molecule has 2 rings (SSSR count). The lowest BCUT2D eigenvalue weighted by atomic mass is 10.1. The summed E-state index contributed by atoms with van der Waals surface area (Å²) in [7, 11) is -7.01. The lowest BCUT2D eigenvalue weighted by Crippen LogP contribution is -2.50. The summed E-state index contributed by atoms with van der Waals surface area (Å²) in [4.78, 5) is 29.6. The third-order valence-corrected chi connectivity index (χ3v) is 10.2. The Morgan fingerprint density at radius 3 is 2.05 bits per heavy atom. The zero-order valence-corrected chi connectivity index (χ0v) is 27.2. The molecule has 0 unspecified atom stereocenters. The predicted molar refractivity (Wildman–Crippen MR) is 158 cm³/mol. The van der Waals surface area contributed by atoms with Crippen LogP contribution in [0.15, 0.2) is 30.3 Å². The highest BCUT2D eigenvalue weighted by Crippen LogP contribution is 2.49. The Morgan fingerprint density at radius 2 is 1.48 bits per heavy atom. The minimum atomic E-state index is -3.66. The Hall–Kier alpha value is -1.82. The highest BCUT2D eigenvalue weighted by atomic mass is 31.2. The number of benzene rings is 1. The smallest absolute Gasteiger partial charge is 0.435 e. The van der Waals surface area contributed by atoms with Crippen LogP contribution in [0.4, 0.5) is 4.79 Å². The van der Waals surface area contributed by atoms with Gasteiger partial charge in [0.2, 0.25) is 5.91 Å². The molecular weight excluding hydrogens is 588 g/mol. The number of likely N-dealkylation sites (tertiary alicyclic amines) is 1. The molecule has 1 aliphatic heterocycles. The summed E-state index contributed by atoms with van der Waals surface area (Å²) >= 11 is 0. The van der Waals surface area contributed by atoms with Crippen LogP contribution in [0.2, 0.25) is 0 Å². The van der Waals surface area contributed by atoms with Gasteiger partial charge in [-0.25, -0.2) is 4.79 Å². The summed E-state index contributed by atoms with van der Waals surface area (Å²) in [5, 5.41) is 3.04. The molecule has 1 heterocycles. The second kappa shape index (κ2) is 18.8. The Balaban J connectivity index is 2.29. The Kier molecular flexibility index (Phi) is 16.2. The third kappa shape index (κ3) is 11.7. The molecule has 1 fully saturated rings. The summed E-state index contributed by atoms with van der Waals surface area (Å²) in [5.41, 5.74) is 0.930. The molecule has 15 heteroatoms. The molecule has 0 bridgehead atoms. The summed E-state index contributed by atoms with van der Waals surface area (Å²) in [6, 6.07) is 8.86. The van der Waals surface area contributed by atoms with Gasteiger partial charge in [0.1, 0.15) is 6.29 Å². The first-order valence-electron chi connectivity index (χ1n) is 14.5. The Labute approximate surface area is 249 Å². The van der Waals surface area contributed by atoms with E-state index < -0.39 is 33.6 Å². The molecule has 42 heavy (non-hydrogen) atoms. The van der Waals surface area contributed by atoms with Crippen molar-refractivity contribution in [3.8, 4) is 0 Å². The van der Waals surface area contributed by atoms with Crippen molar-refractivity contribution in [3.05, 3.63) is 35.9 Å². The van der Waals surface area contributed by atoms with Crippen molar-refractivity contribution in [1.29, 1.82) is 0 Å². The molecule has 0 spiro atoms. The summed E-state index contributed by atoms with van der Waals surface area (Å²) < 4.78 is 58.6. The number of hydrogen-bond acceptors (Lipinski definition) is 12. The van der Waals surface area contributed by atoms with Gasteiger partial charge in [-0.15, -0.1) is 0 Å². The largest absolute Gasteiger partial charge is 0.509 e. The first-order valence-corrected chi connectivity index (χ1v) is 18.0. The van der Waals surface area contributed by atoms with Gasteiger partial charge in [-0.3, -0.25) is 18.8 Å². The van der Waals surface area contributed by atoms with E-state index >= 15 is 0 Å². The van der Waals surface area contributed by atoms with E-state index in [4.69, 9.17) is 27.6 Å². The molecule has 0 radical (unpaired) electrons. The van der Waals surface area contributed by atoms with E-state index in [0.717, 1.165) is 5.56 Å². The van der Waals surface area contributed by atoms with Gasteiger partial charge in [-0.2, -0.15) is 0 Å². The SMILES string of the molecule is CCOC(=O)O[C@@H]1CC[C@@H](C(=O)N(CCNCP(=O)(OCC)OCC)CP(=O)(OCC)OCC)N1Cc1ccccc1. The van der Waals surface area contributed by atoms with E-state index in [2.05, 4.69) is 5.32 Å². The van der Waals surface area contributed by atoms with E-state index in [1.54, 1.807) is 34.6 Å². The number of nitrogens with zero attached hydrogens (tertiary/aromatic N) is 2. The fraction of sp³-hybridized carbons (Fsp3) is 0.704. The van der Waals surface area contributed by atoms with Crippen molar-refractivity contribution in [2.24, 2.45) is 0 Å². The second-order valence-electron chi connectivity index (χ2n) is 9.30. The van der Waals surface area contributed by atoms with Gasteiger partial charge in [0.25, 0.3) is 0 Å². The van der Waals surface area contributed by atoms with Gasteiger partial charge in [-0.1, -0.05) is 30.3 Å². The first kappa shape index (κ1) is 36.4. The average Bonchev–Trinajstić information content (AvgIpc) is 3.32. The lowest BCUT2D eigenvalue weighted by molar-refractivity contribution is -0.138. The van der Waals surface area contributed by atoms with Crippen LogP contribution in [0.5, 0.6) is 0 Å². The highest BCUT2D eigenvalue weighted by Gasteiger charge is 2.43. The number of hydrogen-bond donors (Lipinski definition) is 1. The van der Waals surface area contributed by atoms with Gasteiger partial charge in [-0.05, 0) is 46.6 Å². The van der Waals surface area contributed by atoms with Crippen molar-refractivity contribution < 1.29 is 46.3 Å². The van der Waals surface area contributed by atoms with Crippen molar-refractivity contribution in [2.75, 3.05) is 58.7 Å². The van der Waals surface area contributed by atoms with E-state index in [1.807, 2.05) is 35.2 Å². The van der Waals surface area contributed by atoms with Crippen LogP contribution in [-0.4, -0.2) is 92.8 Å². The van der Waals surface area contributed by atoms with Crippen LogP contribution in [0, 0.1) is 0 Å². The molecule has 240 valence electrons. The fourth-order valence-electron chi connectivity index (χ4n) is 4.63. The van der Waals surface area contributed by atoms with Crippen LogP contribution >= 0.6 is 15.2 Å². The molecular formula is C27H47N3O10P2. The zero-order valence-electron chi connectivity index (χ0n) is 25.4. The molecule has 0 saturated carbocycles. The lowest BCUT2D eigenvalue weighted by Gasteiger charge is -2.34. The van der Waals surface area contributed by atoms with Crippen molar-refractivity contribution in [3.63, 3.8) is 0 Å². The zero-order chi connectivity index (χ0) is 31.0.